The predicted molar refractivity (Wildman–Crippen MR) is 128 cm³/mol. The first-order chi connectivity index (χ1) is 16.4. The van der Waals surface area contributed by atoms with E-state index in [0.29, 0.717) is 56.1 Å². The minimum atomic E-state index is -0.404. The van der Waals surface area contributed by atoms with Gasteiger partial charge in [0.25, 0.3) is 5.56 Å². The number of aromatic amines is 1. The summed E-state index contributed by atoms with van der Waals surface area (Å²) in [5, 5.41) is 15.0. The molecule has 1 aliphatic heterocycles. The monoisotopic (exact) mass is 465 g/mol. The van der Waals surface area contributed by atoms with E-state index in [1.54, 1.807) is 13.8 Å². The van der Waals surface area contributed by atoms with Crippen LogP contribution in [0.3, 0.4) is 0 Å². The smallest absolute Gasteiger partial charge is 0.266 e. The summed E-state index contributed by atoms with van der Waals surface area (Å²) < 4.78 is 5.32. The number of nitriles is 1. The summed E-state index contributed by atoms with van der Waals surface area (Å²) in [5.41, 5.74) is 3.36. The molecule has 0 bridgehead atoms. The summed E-state index contributed by atoms with van der Waals surface area (Å²) in [7, 11) is 0. The van der Waals surface area contributed by atoms with E-state index < -0.39 is 5.56 Å². The Hall–Kier alpha value is -3.48. The molecule has 1 saturated heterocycles. The van der Waals surface area contributed by atoms with Crippen LogP contribution in [0, 0.1) is 25.2 Å². The molecule has 1 fully saturated rings. The largest absolute Gasteiger partial charge is 0.379 e. The van der Waals surface area contributed by atoms with Gasteiger partial charge in [0.05, 0.1) is 13.2 Å². The Balaban J connectivity index is 1.47. The number of nitrogens with one attached hydrogen (secondary N) is 3. The van der Waals surface area contributed by atoms with Gasteiger partial charge in [-0.25, -0.2) is 0 Å². The fourth-order valence-corrected chi connectivity index (χ4v) is 4.01. The van der Waals surface area contributed by atoms with Crippen LogP contribution in [0.4, 0.5) is 5.69 Å². The van der Waals surface area contributed by atoms with E-state index in [4.69, 9.17) is 4.74 Å². The summed E-state index contributed by atoms with van der Waals surface area (Å²) in [5.74, 6) is -0.181. The van der Waals surface area contributed by atoms with Crippen molar-refractivity contribution in [2.75, 3.05) is 38.2 Å². The lowest BCUT2D eigenvalue weighted by molar-refractivity contribution is -0.121. The third kappa shape index (κ3) is 7.01. The van der Waals surface area contributed by atoms with Crippen LogP contribution in [0.15, 0.2) is 29.1 Å². The highest BCUT2D eigenvalue weighted by Gasteiger charge is 2.14. The van der Waals surface area contributed by atoms with Crippen LogP contribution in [0.2, 0.25) is 0 Å². The fourth-order valence-electron chi connectivity index (χ4n) is 4.01. The Morgan fingerprint density at radius 2 is 1.94 bits per heavy atom. The summed E-state index contributed by atoms with van der Waals surface area (Å²) in [6.45, 7) is 7.66. The van der Waals surface area contributed by atoms with Crippen molar-refractivity contribution in [1.82, 2.24) is 15.2 Å². The molecule has 0 spiro atoms. The Bertz CT molecular complexity index is 1130. The lowest BCUT2D eigenvalue weighted by Gasteiger charge is -2.26. The standard InChI is InChI=1S/C25H31N5O4/c1-17-21(18(2)28-25(33)22(17)15-26)6-7-23(31)27-16-19-4-3-5-20(14-19)29-24(32)8-9-30-10-12-34-13-11-30/h3-5,14H,6-13,16H2,1-2H3,(H,27,31)(H,28,33)(H,29,32). The molecule has 0 aliphatic carbocycles. The van der Waals surface area contributed by atoms with Gasteiger partial charge in [-0.05, 0) is 49.1 Å². The van der Waals surface area contributed by atoms with E-state index in [1.165, 1.54) is 0 Å². The number of amides is 2. The maximum Gasteiger partial charge on any atom is 0.266 e. The quantitative estimate of drug-likeness (QED) is 0.518. The Labute approximate surface area is 199 Å². The predicted octanol–water partition coefficient (Wildman–Crippen LogP) is 1.77. The molecular weight excluding hydrogens is 434 g/mol. The van der Waals surface area contributed by atoms with Crippen molar-refractivity contribution >= 4 is 17.5 Å². The van der Waals surface area contributed by atoms with Crippen molar-refractivity contribution in [3.8, 4) is 6.07 Å². The second kappa shape index (κ2) is 12.1. The number of rotatable bonds is 9. The van der Waals surface area contributed by atoms with Gasteiger partial charge < -0.3 is 20.4 Å². The highest BCUT2D eigenvalue weighted by Crippen LogP contribution is 2.15. The third-order valence-electron chi connectivity index (χ3n) is 5.98. The minimum absolute atomic E-state index is 0.0453. The van der Waals surface area contributed by atoms with E-state index in [1.807, 2.05) is 30.3 Å². The van der Waals surface area contributed by atoms with E-state index in [0.717, 1.165) is 24.2 Å². The second-order valence-corrected chi connectivity index (χ2v) is 8.40. The maximum absolute atomic E-state index is 12.4. The zero-order valence-electron chi connectivity index (χ0n) is 19.7. The number of benzene rings is 1. The van der Waals surface area contributed by atoms with Gasteiger partial charge in [-0.1, -0.05) is 12.1 Å². The van der Waals surface area contributed by atoms with Crippen molar-refractivity contribution in [3.63, 3.8) is 0 Å². The molecule has 9 heteroatoms. The molecule has 1 aliphatic rings. The van der Waals surface area contributed by atoms with E-state index in [9.17, 15) is 19.6 Å². The fraction of sp³-hybridized carbons (Fsp3) is 0.440. The van der Waals surface area contributed by atoms with E-state index in [-0.39, 0.29) is 23.8 Å². The number of nitrogens with zero attached hydrogens (tertiary/aromatic N) is 2. The SMILES string of the molecule is Cc1[nH]c(=O)c(C#N)c(C)c1CCC(=O)NCc1cccc(NC(=O)CCN2CCOCC2)c1. The van der Waals surface area contributed by atoms with Crippen molar-refractivity contribution in [3.05, 3.63) is 62.6 Å². The van der Waals surface area contributed by atoms with Gasteiger partial charge in [0.2, 0.25) is 11.8 Å². The summed E-state index contributed by atoms with van der Waals surface area (Å²) in [6.07, 6.45) is 1.07. The van der Waals surface area contributed by atoms with Crippen molar-refractivity contribution in [1.29, 1.82) is 5.26 Å². The molecule has 2 aromatic rings. The molecule has 0 saturated carbocycles. The summed E-state index contributed by atoms with van der Waals surface area (Å²) >= 11 is 0. The van der Waals surface area contributed by atoms with Crippen molar-refractivity contribution < 1.29 is 14.3 Å². The van der Waals surface area contributed by atoms with Crippen LogP contribution in [0.1, 0.15) is 40.8 Å². The average Bonchev–Trinajstić information content (AvgIpc) is 2.82. The lowest BCUT2D eigenvalue weighted by atomic mass is 9.99. The summed E-state index contributed by atoms with van der Waals surface area (Å²) in [4.78, 5) is 41.4. The number of aryl methyl sites for hydroxylation is 1. The Morgan fingerprint density at radius 1 is 1.18 bits per heavy atom. The van der Waals surface area contributed by atoms with Gasteiger partial charge in [-0.2, -0.15) is 5.26 Å². The van der Waals surface area contributed by atoms with Gasteiger partial charge in [0, 0.05) is 50.4 Å². The molecule has 3 N–H and O–H groups in total. The van der Waals surface area contributed by atoms with Gasteiger partial charge in [-0.3, -0.25) is 19.3 Å². The van der Waals surface area contributed by atoms with Gasteiger partial charge >= 0.3 is 0 Å². The van der Waals surface area contributed by atoms with Crippen molar-refractivity contribution in [2.24, 2.45) is 0 Å². The molecule has 0 radical (unpaired) electrons. The number of H-pyrrole nitrogens is 1. The van der Waals surface area contributed by atoms with Crippen LogP contribution in [-0.2, 0) is 27.3 Å². The van der Waals surface area contributed by atoms with Crippen LogP contribution < -0.4 is 16.2 Å². The number of ether oxygens (including phenoxy) is 1. The highest BCUT2D eigenvalue weighted by molar-refractivity contribution is 5.90. The first kappa shape index (κ1) is 25.1. The van der Waals surface area contributed by atoms with Crippen LogP contribution >= 0.6 is 0 Å². The zero-order chi connectivity index (χ0) is 24.5. The number of morpholine rings is 1. The molecule has 2 amide bonds. The molecule has 2 heterocycles. The molecule has 9 nitrogen and oxygen atoms in total. The lowest BCUT2D eigenvalue weighted by Crippen LogP contribution is -2.38. The number of hydrogen-bond acceptors (Lipinski definition) is 6. The first-order valence-corrected chi connectivity index (χ1v) is 11.5. The van der Waals surface area contributed by atoms with Crippen LogP contribution in [0.25, 0.3) is 0 Å². The number of carbonyl (C=O) groups is 2. The number of carbonyl (C=O) groups excluding carboxylic acids is 2. The maximum atomic E-state index is 12.4. The first-order valence-electron chi connectivity index (χ1n) is 11.5. The molecule has 0 unspecified atom stereocenters. The van der Waals surface area contributed by atoms with E-state index in [2.05, 4.69) is 20.5 Å². The molecule has 0 atom stereocenters. The van der Waals surface area contributed by atoms with E-state index >= 15 is 0 Å². The summed E-state index contributed by atoms with van der Waals surface area (Å²) in [6, 6.07) is 9.33. The number of anilines is 1. The zero-order valence-corrected chi connectivity index (χ0v) is 19.7. The molecule has 3 rings (SSSR count). The molecule has 1 aromatic carbocycles. The second-order valence-electron chi connectivity index (χ2n) is 8.40. The number of pyridine rings is 1. The molecule has 1 aromatic heterocycles. The normalized spacial score (nSPS) is 13.8. The van der Waals surface area contributed by atoms with Crippen molar-refractivity contribution in [2.45, 2.75) is 39.7 Å². The third-order valence-corrected chi connectivity index (χ3v) is 5.98. The van der Waals surface area contributed by atoms with Crippen LogP contribution in [0.5, 0.6) is 0 Å². The highest BCUT2D eigenvalue weighted by atomic mass is 16.5. The number of aromatic nitrogens is 1. The molecule has 34 heavy (non-hydrogen) atoms. The van der Waals surface area contributed by atoms with Gasteiger partial charge in [0.15, 0.2) is 0 Å². The Kier molecular flexibility index (Phi) is 8.96. The Morgan fingerprint density at radius 3 is 2.68 bits per heavy atom. The minimum Gasteiger partial charge on any atom is -0.379 e. The average molecular weight is 466 g/mol. The molecule has 180 valence electrons. The van der Waals surface area contributed by atoms with Gasteiger partial charge in [0.1, 0.15) is 11.6 Å². The number of hydrogen-bond donors (Lipinski definition) is 3. The van der Waals surface area contributed by atoms with Crippen LogP contribution in [-0.4, -0.2) is 54.5 Å². The topological polar surface area (TPSA) is 127 Å². The molecular formula is C25H31N5O4. The van der Waals surface area contributed by atoms with Gasteiger partial charge in [-0.15, -0.1) is 0 Å².